The van der Waals surface area contributed by atoms with E-state index in [-0.39, 0.29) is 0 Å². The molecular weight excluding hydrogens is 301 g/mol. The smallest absolute Gasteiger partial charge is 0.128 e. The van der Waals surface area contributed by atoms with Gasteiger partial charge in [0.25, 0.3) is 0 Å². The first-order valence-electron chi connectivity index (χ1n) is 5.34. The third-order valence-corrected chi connectivity index (χ3v) is 3.70. The van der Waals surface area contributed by atoms with E-state index in [1.165, 1.54) is 13.0 Å². The maximum absolute atomic E-state index is 4.40. The lowest BCUT2D eigenvalue weighted by Gasteiger charge is -2.21. The first-order valence-corrected chi connectivity index (χ1v) is 6.87. The van der Waals surface area contributed by atoms with E-state index in [0.717, 1.165) is 30.0 Å². The number of hydrogen-bond acceptors (Lipinski definition) is 3. The quantitative estimate of drug-likeness (QED) is 0.472. The first kappa shape index (κ1) is 11.1. The Balaban J connectivity index is 2.00. The lowest BCUT2D eigenvalue weighted by Crippen LogP contribution is -2.30. The van der Waals surface area contributed by atoms with Crippen LogP contribution in [0.5, 0.6) is 0 Å². The number of rotatable bonds is 2. The van der Waals surface area contributed by atoms with Crippen LogP contribution in [-0.2, 0) is 0 Å². The molecule has 82 valence electrons. The van der Waals surface area contributed by atoms with Gasteiger partial charge in [-0.1, -0.05) is 28.7 Å². The van der Waals surface area contributed by atoms with E-state index in [2.05, 4.69) is 49.5 Å². The predicted octanol–water partition coefficient (Wildman–Crippen LogP) is 1.99. The number of halogens is 1. The van der Waals surface area contributed by atoms with Crippen molar-refractivity contribution in [2.75, 3.05) is 35.6 Å². The summed E-state index contributed by atoms with van der Waals surface area (Å²) in [4.78, 5) is 9.27. The predicted molar refractivity (Wildman–Crippen MR) is 71.5 cm³/mol. The van der Waals surface area contributed by atoms with Gasteiger partial charge in [0, 0.05) is 32.4 Å². The molecule has 0 aliphatic carbocycles. The zero-order valence-electron chi connectivity index (χ0n) is 8.77. The molecule has 2 rings (SSSR count). The third kappa shape index (κ3) is 3.04. The van der Waals surface area contributed by atoms with Gasteiger partial charge in [-0.05, 0) is 18.6 Å². The fourth-order valence-corrected chi connectivity index (χ4v) is 2.54. The second-order valence-electron chi connectivity index (χ2n) is 3.77. The minimum atomic E-state index is 1.10. The highest BCUT2D eigenvalue weighted by Gasteiger charge is 2.14. The highest BCUT2D eigenvalue weighted by atomic mass is 127. The fraction of sp³-hybridized carbons (Fsp3) is 0.545. The van der Waals surface area contributed by atoms with Crippen LogP contribution in [0.25, 0.3) is 0 Å². The van der Waals surface area contributed by atoms with Gasteiger partial charge in [-0.3, -0.25) is 4.90 Å². The lowest BCUT2D eigenvalue weighted by atomic mass is 10.3. The molecule has 0 spiro atoms. The van der Waals surface area contributed by atoms with Crippen molar-refractivity contribution in [3.63, 3.8) is 0 Å². The Labute approximate surface area is 105 Å². The van der Waals surface area contributed by atoms with E-state index in [1.807, 2.05) is 12.3 Å². The number of alkyl halides is 1. The molecule has 0 atom stereocenters. The van der Waals surface area contributed by atoms with Gasteiger partial charge in [0.1, 0.15) is 5.82 Å². The van der Waals surface area contributed by atoms with Crippen LogP contribution >= 0.6 is 22.6 Å². The number of pyridine rings is 1. The van der Waals surface area contributed by atoms with Crippen LogP contribution in [0, 0.1) is 0 Å². The van der Waals surface area contributed by atoms with E-state index in [4.69, 9.17) is 0 Å². The average molecular weight is 317 g/mol. The summed E-state index contributed by atoms with van der Waals surface area (Å²) in [6.07, 6.45) is 3.11. The summed E-state index contributed by atoms with van der Waals surface area (Å²) >= 11 is 2.44. The highest BCUT2D eigenvalue weighted by molar-refractivity contribution is 14.1. The van der Waals surface area contributed by atoms with Crippen LogP contribution in [-0.4, -0.2) is 40.6 Å². The van der Waals surface area contributed by atoms with Crippen LogP contribution in [0.1, 0.15) is 6.42 Å². The molecule has 15 heavy (non-hydrogen) atoms. The van der Waals surface area contributed by atoms with Crippen molar-refractivity contribution < 1.29 is 0 Å². The van der Waals surface area contributed by atoms with E-state index in [9.17, 15) is 0 Å². The van der Waals surface area contributed by atoms with Crippen molar-refractivity contribution in [2.24, 2.45) is 0 Å². The summed E-state index contributed by atoms with van der Waals surface area (Å²) in [7, 11) is 0. The highest BCUT2D eigenvalue weighted by Crippen LogP contribution is 2.12. The summed E-state index contributed by atoms with van der Waals surface area (Å²) in [5.41, 5.74) is 0. The van der Waals surface area contributed by atoms with E-state index >= 15 is 0 Å². The summed E-state index contributed by atoms with van der Waals surface area (Å²) in [6.45, 7) is 4.59. The molecule has 1 saturated heterocycles. The second-order valence-corrected chi connectivity index (χ2v) is 4.45. The van der Waals surface area contributed by atoms with Gasteiger partial charge < -0.3 is 4.90 Å². The Morgan fingerprint density at radius 3 is 2.87 bits per heavy atom. The largest absolute Gasteiger partial charge is 0.355 e. The average Bonchev–Trinajstić information content (AvgIpc) is 2.55. The molecule has 0 aromatic carbocycles. The van der Waals surface area contributed by atoms with Crippen LogP contribution in [0.3, 0.4) is 0 Å². The Hall–Kier alpha value is -0.360. The Morgan fingerprint density at radius 1 is 1.20 bits per heavy atom. The van der Waals surface area contributed by atoms with Crippen molar-refractivity contribution in [1.29, 1.82) is 0 Å². The molecule has 0 saturated carbocycles. The molecular formula is C11H16IN3. The molecule has 0 bridgehead atoms. The molecule has 1 fully saturated rings. The van der Waals surface area contributed by atoms with Crippen molar-refractivity contribution in [3.05, 3.63) is 24.4 Å². The van der Waals surface area contributed by atoms with Crippen LogP contribution in [0.4, 0.5) is 5.82 Å². The molecule has 0 amide bonds. The minimum Gasteiger partial charge on any atom is -0.355 e. The van der Waals surface area contributed by atoms with Crippen LogP contribution in [0.15, 0.2) is 24.4 Å². The van der Waals surface area contributed by atoms with Gasteiger partial charge in [0.05, 0.1) is 4.55 Å². The SMILES string of the molecule is ICN1CCCN(c2ccccn2)CC1. The van der Waals surface area contributed by atoms with Crippen LogP contribution in [0.2, 0.25) is 0 Å². The maximum Gasteiger partial charge on any atom is 0.128 e. The fourth-order valence-electron chi connectivity index (χ4n) is 1.86. The van der Waals surface area contributed by atoms with Crippen molar-refractivity contribution in [3.8, 4) is 0 Å². The van der Waals surface area contributed by atoms with Crippen molar-refractivity contribution >= 4 is 28.4 Å². The molecule has 1 aliphatic rings. The summed E-state index contributed by atoms with van der Waals surface area (Å²) in [5, 5.41) is 0. The molecule has 4 heteroatoms. The van der Waals surface area contributed by atoms with Gasteiger partial charge in [0.2, 0.25) is 0 Å². The minimum absolute atomic E-state index is 1.10. The summed E-state index contributed by atoms with van der Waals surface area (Å²) in [6, 6.07) is 6.13. The van der Waals surface area contributed by atoms with Gasteiger partial charge >= 0.3 is 0 Å². The van der Waals surface area contributed by atoms with Crippen LogP contribution < -0.4 is 4.90 Å². The molecule has 1 aromatic heterocycles. The van der Waals surface area contributed by atoms with Gasteiger partial charge in [0.15, 0.2) is 0 Å². The molecule has 0 N–H and O–H groups in total. The van der Waals surface area contributed by atoms with Gasteiger partial charge in [-0.2, -0.15) is 0 Å². The van der Waals surface area contributed by atoms with Gasteiger partial charge in [-0.25, -0.2) is 4.98 Å². The second kappa shape index (κ2) is 5.65. The number of hydrogen-bond donors (Lipinski definition) is 0. The topological polar surface area (TPSA) is 19.4 Å². The zero-order valence-corrected chi connectivity index (χ0v) is 10.9. The summed E-state index contributed by atoms with van der Waals surface area (Å²) < 4.78 is 1.13. The summed E-state index contributed by atoms with van der Waals surface area (Å²) in [5.74, 6) is 1.12. The Kier molecular flexibility index (Phi) is 4.19. The molecule has 2 heterocycles. The molecule has 3 nitrogen and oxygen atoms in total. The number of nitrogens with zero attached hydrogens (tertiary/aromatic N) is 3. The van der Waals surface area contributed by atoms with E-state index in [1.54, 1.807) is 0 Å². The van der Waals surface area contributed by atoms with Gasteiger partial charge in [-0.15, -0.1) is 0 Å². The standard InChI is InChI=1S/C11H16IN3/c12-10-14-6-3-7-15(9-8-14)11-4-1-2-5-13-11/h1-2,4-5H,3,6-10H2. The van der Waals surface area contributed by atoms with Crippen molar-refractivity contribution in [2.45, 2.75) is 6.42 Å². The monoisotopic (exact) mass is 317 g/mol. The molecule has 0 radical (unpaired) electrons. The molecule has 1 aliphatic heterocycles. The zero-order chi connectivity index (χ0) is 10.5. The third-order valence-electron chi connectivity index (χ3n) is 2.73. The number of aromatic nitrogens is 1. The van der Waals surface area contributed by atoms with E-state index < -0.39 is 0 Å². The van der Waals surface area contributed by atoms with E-state index in [0.29, 0.717) is 0 Å². The maximum atomic E-state index is 4.40. The van der Waals surface area contributed by atoms with Crippen molar-refractivity contribution in [1.82, 2.24) is 9.88 Å². The first-order chi connectivity index (χ1) is 7.40. The Morgan fingerprint density at radius 2 is 2.13 bits per heavy atom. The number of anilines is 1. The Bertz CT molecular complexity index is 291. The lowest BCUT2D eigenvalue weighted by molar-refractivity contribution is 0.353. The molecule has 0 unspecified atom stereocenters. The molecule has 1 aromatic rings. The normalized spacial score (nSPS) is 18.9.